The van der Waals surface area contributed by atoms with Crippen LogP contribution in [0.25, 0.3) is 0 Å². The van der Waals surface area contributed by atoms with Crippen molar-refractivity contribution in [3.8, 4) is 0 Å². The molecule has 0 saturated carbocycles. The lowest BCUT2D eigenvalue weighted by Gasteiger charge is -2.03. The standard InChI is InChI=1S/C13H14/c1-9-5-12-7-10-3-2-4-11(10)8-13(12)6-9/h7-8H,1-6H2. The van der Waals surface area contributed by atoms with E-state index in [1.54, 1.807) is 22.3 Å². The average Bonchev–Trinajstić information content (AvgIpc) is 2.63. The maximum atomic E-state index is 4.07. The summed E-state index contributed by atoms with van der Waals surface area (Å²) in [6.07, 6.45) is 6.22. The predicted molar refractivity (Wildman–Crippen MR) is 55.0 cm³/mol. The largest absolute Gasteiger partial charge is 0.0992 e. The summed E-state index contributed by atoms with van der Waals surface area (Å²) in [5, 5.41) is 0. The van der Waals surface area contributed by atoms with Crippen molar-refractivity contribution in [1.82, 2.24) is 0 Å². The van der Waals surface area contributed by atoms with E-state index in [1.807, 2.05) is 0 Å². The molecule has 0 unspecified atom stereocenters. The van der Waals surface area contributed by atoms with Crippen LogP contribution in [0.3, 0.4) is 0 Å². The molecular weight excluding hydrogens is 156 g/mol. The molecule has 66 valence electrons. The third-order valence-electron chi connectivity index (χ3n) is 3.29. The Hall–Kier alpha value is -1.04. The quantitative estimate of drug-likeness (QED) is 0.525. The van der Waals surface area contributed by atoms with Gasteiger partial charge in [0, 0.05) is 0 Å². The molecule has 0 N–H and O–H groups in total. The van der Waals surface area contributed by atoms with E-state index in [1.165, 1.54) is 24.8 Å². The minimum Gasteiger partial charge on any atom is -0.0992 e. The van der Waals surface area contributed by atoms with Crippen LogP contribution in [-0.2, 0) is 25.7 Å². The highest BCUT2D eigenvalue weighted by atomic mass is 14.2. The number of rotatable bonds is 0. The molecule has 1 aromatic rings. The minimum atomic E-state index is 1.13. The fraction of sp³-hybridized carbons (Fsp3) is 0.385. The Morgan fingerprint density at radius 2 is 1.38 bits per heavy atom. The summed E-state index contributed by atoms with van der Waals surface area (Å²) >= 11 is 0. The summed E-state index contributed by atoms with van der Waals surface area (Å²) in [5.41, 5.74) is 7.69. The van der Waals surface area contributed by atoms with E-state index >= 15 is 0 Å². The fourth-order valence-corrected chi connectivity index (χ4v) is 2.66. The second-order valence-corrected chi connectivity index (χ2v) is 4.35. The van der Waals surface area contributed by atoms with Crippen LogP contribution in [0.2, 0.25) is 0 Å². The smallest absolute Gasteiger partial charge is 0.00635 e. The van der Waals surface area contributed by atoms with E-state index in [-0.39, 0.29) is 0 Å². The molecule has 0 heterocycles. The van der Waals surface area contributed by atoms with Crippen LogP contribution in [0.4, 0.5) is 0 Å². The van der Waals surface area contributed by atoms with E-state index in [4.69, 9.17) is 0 Å². The van der Waals surface area contributed by atoms with Gasteiger partial charge in [-0.05, 0) is 54.4 Å². The highest BCUT2D eigenvalue weighted by molar-refractivity contribution is 5.47. The second kappa shape index (κ2) is 2.47. The molecule has 2 aliphatic carbocycles. The Kier molecular flexibility index (Phi) is 1.40. The van der Waals surface area contributed by atoms with Crippen molar-refractivity contribution in [2.45, 2.75) is 32.1 Å². The van der Waals surface area contributed by atoms with E-state index < -0.39 is 0 Å². The molecule has 1 aromatic carbocycles. The molecule has 0 spiro atoms. The third-order valence-corrected chi connectivity index (χ3v) is 3.29. The first-order valence-corrected chi connectivity index (χ1v) is 5.13. The van der Waals surface area contributed by atoms with Crippen LogP contribution < -0.4 is 0 Å². The van der Waals surface area contributed by atoms with Gasteiger partial charge in [-0.25, -0.2) is 0 Å². The van der Waals surface area contributed by atoms with Crippen molar-refractivity contribution in [3.63, 3.8) is 0 Å². The lowest BCUT2D eigenvalue weighted by molar-refractivity contribution is 0.911. The third kappa shape index (κ3) is 1.05. The number of fused-ring (bicyclic) bond motifs is 2. The van der Waals surface area contributed by atoms with E-state index in [0.717, 1.165) is 12.8 Å². The van der Waals surface area contributed by atoms with Crippen molar-refractivity contribution in [2.75, 3.05) is 0 Å². The van der Waals surface area contributed by atoms with Crippen LogP contribution in [0.5, 0.6) is 0 Å². The highest BCUT2D eigenvalue weighted by Crippen LogP contribution is 2.31. The first-order valence-electron chi connectivity index (χ1n) is 5.13. The van der Waals surface area contributed by atoms with Gasteiger partial charge in [0.15, 0.2) is 0 Å². The van der Waals surface area contributed by atoms with Gasteiger partial charge in [0.05, 0.1) is 0 Å². The predicted octanol–water partition coefficient (Wildman–Crippen LogP) is 2.83. The Balaban J connectivity index is 2.15. The van der Waals surface area contributed by atoms with Crippen molar-refractivity contribution in [1.29, 1.82) is 0 Å². The van der Waals surface area contributed by atoms with Gasteiger partial charge in [-0.3, -0.25) is 0 Å². The first-order chi connectivity index (χ1) is 6.33. The van der Waals surface area contributed by atoms with Gasteiger partial charge in [-0.1, -0.05) is 24.3 Å². The van der Waals surface area contributed by atoms with Crippen molar-refractivity contribution in [2.24, 2.45) is 0 Å². The summed E-state index contributed by atoms with van der Waals surface area (Å²) < 4.78 is 0. The average molecular weight is 170 g/mol. The lowest BCUT2D eigenvalue weighted by atomic mass is 10.0. The second-order valence-electron chi connectivity index (χ2n) is 4.35. The molecule has 0 bridgehead atoms. The summed E-state index contributed by atoms with van der Waals surface area (Å²) in [6.45, 7) is 4.07. The van der Waals surface area contributed by atoms with E-state index in [0.29, 0.717) is 0 Å². The summed E-state index contributed by atoms with van der Waals surface area (Å²) in [6, 6.07) is 4.85. The molecule has 0 saturated heterocycles. The summed E-state index contributed by atoms with van der Waals surface area (Å²) in [4.78, 5) is 0. The van der Waals surface area contributed by atoms with E-state index in [9.17, 15) is 0 Å². The van der Waals surface area contributed by atoms with Crippen LogP contribution >= 0.6 is 0 Å². The van der Waals surface area contributed by atoms with Crippen LogP contribution in [0, 0.1) is 0 Å². The topological polar surface area (TPSA) is 0 Å². The van der Waals surface area contributed by atoms with Crippen LogP contribution in [0.1, 0.15) is 28.7 Å². The monoisotopic (exact) mass is 170 g/mol. The number of hydrogen-bond acceptors (Lipinski definition) is 0. The Labute approximate surface area is 79.3 Å². The van der Waals surface area contributed by atoms with Gasteiger partial charge in [0.1, 0.15) is 0 Å². The SMILES string of the molecule is C=C1Cc2cc3c(cc2C1)CCC3. The fourth-order valence-electron chi connectivity index (χ4n) is 2.66. The van der Waals surface area contributed by atoms with Gasteiger partial charge in [-0.15, -0.1) is 0 Å². The normalized spacial score (nSPS) is 18.9. The molecular formula is C13H14. The summed E-state index contributed by atoms with van der Waals surface area (Å²) in [5.74, 6) is 0. The van der Waals surface area contributed by atoms with Crippen molar-refractivity contribution in [3.05, 3.63) is 46.5 Å². The maximum Gasteiger partial charge on any atom is -0.00635 e. The summed E-state index contributed by atoms with van der Waals surface area (Å²) in [7, 11) is 0. The van der Waals surface area contributed by atoms with E-state index in [2.05, 4.69) is 18.7 Å². The first kappa shape index (κ1) is 7.37. The lowest BCUT2D eigenvalue weighted by Crippen LogP contribution is -1.88. The molecule has 2 aliphatic rings. The van der Waals surface area contributed by atoms with Gasteiger partial charge >= 0.3 is 0 Å². The molecule has 0 atom stereocenters. The van der Waals surface area contributed by atoms with Crippen LogP contribution in [0.15, 0.2) is 24.3 Å². The number of hydrogen-bond donors (Lipinski definition) is 0. The van der Waals surface area contributed by atoms with Gasteiger partial charge in [-0.2, -0.15) is 0 Å². The molecule has 0 fully saturated rings. The zero-order valence-corrected chi connectivity index (χ0v) is 7.90. The molecule has 13 heavy (non-hydrogen) atoms. The molecule has 3 rings (SSSR count). The van der Waals surface area contributed by atoms with Crippen molar-refractivity contribution < 1.29 is 0 Å². The number of allylic oxidation sites excluding steroid dienone is 1. The van der Waals surface area contributed by atoms with Gasteiger partial charge < -0.3 is 0 Å². The van der Waals surface area contributed by atoms with Gasteiger partial charge in [0.25, 0.3) is 0 Å². The van der Waals surface area contributed by atoms with Crippen LogP contribution in [-0.4, -0.2) is 0 Å². The molecule has 0 radical (unpaired) electrons. The van der Waals surface area contributed by atoms with Crippen molar-refractivity contribution >= 4 is 0 Å². The molecule has 0 aromatic heterocycles. The Morgan fingerprint density at radius 3 is 1.92 bits per heavy atom. The minimum absolute atomic E-state index is 1.13. The maximum absolute atomic E-state index is 4.07. The number of aryl methyl sites for hydroxylation is 2. The molecule has 0 aliphatic heterocycles. The zero-order valence-electron chi connectivity index (χ0n) is 7.90. The molecule has 0 nitrogen and oxygen atoms in total. The van der Waals surface area contributed by atoms with Gasteiger partial charge in [0.2, 0.25) is 0 Å². The highest BCUT2D eigenvalue weighted by Gasteiger charge is 2.19. The Bertz CT molecular complexity index is 350. The molecule has 0 heteroatoms. The molecule has 0 amide bonds. The zero-order chi connectivity index (χ0) is 8.84. The Morgan fingerprint density at radius 1 is 0.846 bits per heavy atom. The number of benzene rings is 1.